The quantitative estimate of drug-likeness (QED) is 0.163. The molecule has 0 bridgehead atoms. The Morgan fingerprint density at radius 2 is 1.74 bits per heavy atom. The van der Waals surface area contributed by atoms with E-state index in [1.165, 1.54) is 17.9 Å². The Bertz CT molecular complexity index is 429. The molecule has 0 aromatic rings. The van der Waals surface area contributed by atoms with Crippen molar-refractivity contribution in [3.05, 3.63) is 0 Å². The number of likely N-dealkylation sites (tertiary alicyclic amines) is 1. The number of rotatable bonds is 10. The fourth-order valence-corrected chi connectivity index (χ4v) is 5.34. The van der Waals surface area contributed by atoms with Gasteiger partial charge < -0.3 is 8.97 Å². The summed E-state index contributed by atoms with van der Waals surface area (Å²) in [6.07, 6.45) is 2.52. The Balaban J connectivity index is 2.35. The first-order chi connectivity index (χ1) is 10.6. The Kier molecular flexibility index (Phi) is 8.45. The van der Waals surface area contributed by atoms with Gasteiger partial charge in [0.25, 0.3) is 0 Å². The van der Waals surface area contributed by atoms with E-state index in [1.807, 2.05) is 0 Å². The largest absolute Gasteiger partial charge is 0.331 e. The van der Waals surface area contributed by atoms with Crippen molar-refractivity contribution < 1.29 is 18.6 Å². The summed E-state index contributed by atoms with van der Waals surface area (Å²) < 4.78 is 1.95. The molecular weight excluding hydrogens is 423 g/mol. The van der Waals surface area contributed by atoms with Crippen LogP contribution in [0.4, 0.5) is 0 Å². The average Bonchev–Trinajstić information content (AvgIpc) is 2.65. The third kappa shape index (κ3) is 7.80. The molecule has 0 aromatic carbocycles. The lowest BCUT2D eigenvalue weighted by Gasteiger charge is -2.32. The Morgan fingerprint density at radius 3 is 2.30 bits per heavy atom. The molecule has 1 fully saturated rings. The van der Waals surface area contributed by atoms with Crippen LogP contribution in [0.15, 0.2) is 0 Å². The van der Waals surface area contributed by atoms with E-state index in [-0.39, 0.29) is 17.5 Å². The van der Waals surface area contributed by atoms with Crippen LogP contribution < -0.4 is 0 Å². The highest BCUT2D eigenvalue weighted by Crippen LogP contribution is 2.30. The fraction of sp³-hybridized carbons (Fsp3) is 0.867. The van der Waals surface area contributed by atoms with Gasteiger partial charge in [0.15, 0.2) is 0 Å². The van der Waals surface area contributed by atoms with Gasteiger partial charge in [-0.2, -0.15) is 0 Å². The lowest BCUT2D eigenvalue weighted by Crippen LogP contribution is -2.45. The standard InChI is InChI=1S/C15H32BIN3O2P/c1-19(2,3)9-7-11-20(4,5)10-6-8-18-14(21)12-13(15(18)22)23-16-17/h13,16,23H,6-12H2,1-5H3/q+2. The average molecular weight is 455 g/mol. The number of hydrogen-bond donors (Lipinski definition) is 0. The van der Waals surface area contributed by atoms with Gasteiger partial charge in [0.05, 0.1) is 60.5 Å². The maximum absolute atomic E-state index is 12.2. The van der Waals surface area contributed by atoms with Gasteiger partial charge in [-0.05, 0) is 0 Å². The molecule has 132 valence electrons. The molecule has 1 aliphatic heterocycles. The van der Waals surface area contributed by atoms with Crippen molar-refractivity contribution in [3.8, 4) is 0 Å². The summed E-state index contributed by atoms with van der Waals surface area (Å²) in [6, 6.07) is 0. The normalized spacial score (nSPS) is 20.1. The van der Waals surface area contributed by atoms with E-state index in [4.69, 9.17) is 0 Å². The van der Waals surface area contributed by atoms with E-state index in [2.05, 4.69) is 57.6 Å². The highest BCUT2D eigenvalue weighted by molar-refractivity contribution is 14.1. The molecule has 2 atom stereocenters. The van der Waals surface area contributed by atoms with E-state index in [1.54, 1.807) is 0 Å². The smallest absolute Gasteiger partial charge is 0.236 e. The van der Waals surface area contributed by atoms with Crippen molar-refractivity contribution >= 4 is 47.5 Å². The first-order valence-corrected chi connectivity index (χ1v) is 11.1. The summed E-state index contributed by atoms with van der Waals surface area (Å²) >= 11 is 2.29. The zero-order valence-corrected chi connectivity index (χ0v) is 18.4. The minimum absolute atomic E-state index is 0.0349. The Morgan fingerprint density at radius 1 is 1.13 bits per heavy atom. The molecule has 23 heavy (non-hydrogen) atoms. The molecule has 1 heterocycles. The zero-order valence-electron chi connectivity index (χ0n) is 15.3. The van der Waals surface area contributed by atoms with Gasteiger partial charge in [0.1, 0.15) is 0 Å². The molecule has 0 aromatic heterocycles. The minimum Gasteiger partial charge on any atom is -0.331 e. The monoisotopic (exact) mass is 455 g/mol. The lowest BCUT2D eigenvalue weighted by molar-refractivity contribution is -0.902. The fourth-order valence-electron chi connectivity index (χ4n) is 2.91. The number of carbonyl (C=O) groups excluding carboxylic acids is 2. The molecular formula is C15H32BIN3O2P+2. The lowest BCUT2D eigenvalue weighted by atomic mass is 10.2. The van der Waals surface area contributed by atoms with Crippen molar-refractivity contribution in [2.75, 3.05) is 61.4 Å². The molecule has 0 radical (unpaired) electrons. The number of imide groups is 1. The van der Waals surface area contributed by atoms with Crippen LogP contribution in [0, 0.1) is 0 Å². The van der Waals surface area contributed by atoms with Crippen LogP contribution in [0.3, 0.4) is 0 Å². The molecule has 2 amide bonds. The summed E-state index contributed by atoms with van der Waals surface area (Å²) in [7, 11) is 11.7. The number of halogens is 1. The van der Waals surface area contributed by atoms with Gasteiger partial charge in [-0.1, -0.05) is 0 Å². The number of carbonyl (C=O) groups is 2. The Labute approximate surface area is 157 Å². The second kappa shape index (κ2) is 9.11. The number of nitrogens with zero attached hydrogens (tertiary/aromatic N) is 3. The third-order valence-corrected chi connectivity index (χ3v) is 6.72. The predicted molar refractivity (Wildman–Crippen MR) is 109 cm³/mol. The molecule has 2 unspecified atom stereocenters. The topological polar surface area (TPSA) is 37.4 Å². The van der Waals surface area contributed by atoms with E-state index in [0.29, 0.717) is 21.4 Å². The first kappa shape index (κ1) is 21.3. The van der Waals surface area contributed by atoms with Crippen LogP contribution in [0.1, 0.15) is 19.3 Å². The SMILES string of the molecule is C[N+](C)(C)CCC[N+](C)(C)CCCN1C(=O)CC(PBI)C1=O. The molecule has 0 spiro atoms. The van der Waals surface area contributed by atoms with Crippen molar-refractivity contribution in [2.24, 2.45) is 0 Å². The second-order valence-electron chi connectivity index (χ2n) is 8.08. The van der Waals surface area contributed by atoms with Crippen LogP contribution in [0.25, 0.3) is 0 Å². The molecule has 1 saturated heterocycles. The van der Waals surface area contributed by atoms with Crippen LogP contribution >= 0.6 is 30.8 Å². The van der Waals surface area contributed by atoms with Gasteiger partial charge in [0, 0.05) is 25.8 Å². The molecule has 0 saturated carbocycles. The number of amides is 2. The van der Waals surface area contributed by atoms with Crippen molar-refractivity contribution in [1.29, 1.82) is 0 Å². The van der Waals surface area contributed by atoms with E-state index in [9.17, 15) is 9.59 Å². The molecule has 0 N–H and O–H groups in total. The van der Waals surface area contributed by atoms with Crippen LogP contribution in [0.2, 0.25) is 0 Å². The summed E-state index contributed by atoms with van der Waals surface area (Å²) in [4.78, 5) is 26.7. The van der Waals surface area contributed by atoms with Gasteiger partial charge in [-0.3, -0.25) is 14.5 Å². The molecule has 1 rings (SSSR count). The van der Waals surface area contributed by atoms with Crippen molar-refractivity contribution in [3.63, 3.8) is 0 Å². The van der Waals surface area contributed by atoms with E-state index < -0.39 is 0 Å². The number of quaternary nitrogens is 2. The predicted octanol–water partition coefficient (Wildman–Crippen LogP) is 1.06. The summed E-state index contributed by atoms with van der Waals surface area (Å²) in [5, 5.41) is 0. The van der Waals surface area contributed by atoms with Crippen LogP contribution in [-0.4, -0.2) is 97.6 Å². The summed E-state index contributed by atoms with van der Waals surface area (Å²) in [5.74, 6) is 0.105. The second-order valence-corrected chi connectivity index (χ2v) is 11.7. The molecule has 0 aliphatic carbocycles. The van der Waals surface area contributed by atoms with Gasteiger partial charge in [-0.15, -0.1) is 30.8 Å². The highest BCUT2D eigenvalue weighted by atomic mass is 127. The molecule has 5 nitrogen and oxygen atoms in total. The summed E-state index contributed by atoms with van der Waals surface area (Å²) in [6.45, 7) is 3.91. The van der Waals surface area contributed by atoms with E-state index >= 15 is 0 Å². The molecule has 8 heteroatoms. The van der Waals surface area contributed by atoms with Gasteiger partial charge in [-0.25, -0.2) is 0 Å². The van der Waals surface area contributed by atoms with Crippen LogP contribution in [-0.2, 0) is 9.59 Å². The number of hydrogen-bond acceptors (Lipinski definition) is 2. The van der Waals surface area contributed by atoms with Gasteiger partial charge in [0.2, 0.25) is 16.7 Å². The first-order valence-electron chi connectivity index (χ1n) is 8.32. The van der Waals surface area contributed by atoms with Crippen molar-refractivity contribution in [2.45, 2.75) is 24.9 Å². The van der Waals surface area contributed by atoms with Gasteiger partial charge >= 0.3 is 0 Å². The molecule has 1 aliphatic rings. The third-order valence-electron chi connectivity index (χ3n) is 4.31. The van der Waals surface area contributed by atoms with E-state index in [0.717, 1.165) is 33.3 Å². The maximum Gasteiger partial charge on any atom is 0.236 e. The Hall–Kier alpha value is 0.285. The minimum atomic E-state index is -0.0357. The van der Waals surface area contributed by atoms with Crippen LogP contribution in [0.5, 0.6) is 0 Å². The van der Waals surface area contributed by atoms with Crippen molar-refractivity contribution in [1.82, 2.24) is 4.90 Å². The zero-order chi connectivity index (χ0) is 17.7. The highest BCUT2D eigenvalue weighted by Gasteiger charge is 2.37. The maximum atomic E-state index is 12.2. The summed E-state index contributed by atoms with van der Waals surface area (Å²) in [5.41, 5.74) is -0.0357.